The SMILES string of the molecule is Cc1ccc(C(C)NC(=O)C(=O)O)s1. The number of aryl methyl sites for hydroxylation is 1. The Kier molecular flexibility index (Phi) is 3.24. The number of carbonyl (C=O) groups is 2. The van der Waals surface area contributed by atoms with Crippen LogP contribution in [-0.4, -0.2) is 17.0 Å². The van der Waals surface area contributed by atoms with Crippen molar-refractivity contribution in [1.29, 1.82) is 0 Å². The molecule has 0 bridgehead atoms. The van der Waals surface area contributed by atoms with Gasteiger partial charge in [-0.3, -0.25) is 4.79 Å². The first kappa shape index (κ1) is 10.7. The molecule has 1 heterocycles. The highest BCUT2D eigenvalue weighted by Gasteiger charge is 2.16. The Morgan fingerprint density at radius 3 is 2.57 bits per heavy atom. The minimum atomic E-state index is -1.45. The van der Waals surface area contributed by atoms with Crippen molar-refractivity contribution in [3.8, 4) is 0 Å². The lowest BCUT2D eigenvalue weighted by atomic mass is 10.2. The van der Waals surface area contributed by atoms with E-state index in [1.807, 2.05) is 19.1 Å². The van der Waals surface area contributed by atoms with Crippen molar-refractivity contribution in [2.24, 2.45) is 0 Å². The van der Waals surface area contributed by atoms with Gasteiger partial charge in [-0.25, -0.2) is 4.79 Å². The quantitative estimate of drug-likeness (QED) is 0.728. The number of amides is 1. The van der Waals surface area contributed by atoms with Crippen LogP contribution in [0.1, 0.15) is 22.7 Å². The Morgan fingerprint density at radius 2 is 2.14 bits per heavy atom. The summed E-state index contributed by atoms with van der Waals surface area (Å²) in [6.07, 6.45) is 0. The summed E-state index contributed by atoms with van der Waals surface area (Å²) in [5.74, 6) is -2.42. The van der Waals surface area contributed by atoms with Crippen LogP contribution in [0, 0.1) is 6.92 Å². The molecule has 0 aliphatic heterocycles. The average Bonchev–Trinajstić information content (AvgIpc) is 2.51. The highest BCUT2D eigenvalue weighted by molar-refractivity contribution is 7.12. The lowest BCUT2D eigenvalue weighted by Gasteiger charge is -2.09. The van der Waals surface area contributed by atoms with Crippen LogP contribution in [0.4, 0.5) is 0 Å². The third-order valence-electron chi connectivity index (χ3n) is 1.73. The van der Waals surface area contributed by atoms with E-state index >= 15 is 0 Å². The first-order chi connectivity index (χ1) is 6.50. The van der Waals surface area contributed by atoms with Crippen LogP contribution in [0.2, 0.25) is 0 Å². The number of carboxylic acid groups (broad SMARTS) is 1. The van der Waals surface area contributed by atoms with E-state index in [2.05, 4.69) is 5.32 Å². The van der Waals surface area contributed by atoms with Crippen LogP contribution in [0.15, 0.2) is 12.1 Å². The zero-order valence-electron chi connectivity index (χ0n) is 7.90. The first-order valence-corrected chi connectivity index (χ1v) is 4.92. The van der Waals surface area contributed by atoms with E-state index in [0.29, 0.717) is 0 Å². The average molecular weight is 213 g/mol. The van der Waals surface area contributed by atoms with Crippen LogP contribution in [0.25, 0.3) is 0 Å². The predicted molar refractivity (Wildman–Crippen MR) is 53.2 cm³/mol. The smallest absolute Gasteiger partial charge is 0.394 e. The molecule has 0 aliphatic carbocycles. The molecule has 5 heteroatoms. The minimum absolute atomic E-state index is 0.253. The maximum absolute atomic E-state index is 10.8. The fourth-order valence-corrected chi connectivity index (χ4v) is 1.90. The minimum Gasteiger partial charge on any atom is -0.474 e. The Bertz CT molecular complexity index is 359. The van der Waals surface area contributed by atoms with Gasteiger partial charge < -0.3 is 10.4 Å². The molecule has 0 saturated carbocycles. The van der Waals surface area contributed by atoms with Gasteiger partial charge in [0.1, 0.15) is 0 Å². The Labute approximate surface area is 85.6 Å². The third-order valence-corrected chi connectivity index (χ3v) is 2.91. The van der Waals surface area contributed by atoms with Crippen LogP contribution in [0.5, 0.6) is 0 Å². The number of hydrogen-bond acceptors (Lipinski definition) is 3. The zero-order valence-corrected chi connectivity index (χ0v) is 8.72. The molecular weight excluding hydrogens is 202 g/mol. The van der Waals surface area contributed by atoms with E-state index in [1.54, 1.807) is 18.3 Å². The second-order valence-corrected chi connectivity index (χ2v) is 4.27. The van der Waals surface area contributed by atoms with Gasteiger partial charge in [-0.15, -0.1) is 11.3 Å². The molecule has 0 aromatic carbocycles. The molecule has 1 unspecified atom stereocenters. The monoisotopic (exact) mass is 213 g/mol. The molecule has 0 radical (unpaired) electrons. The normalized spacial score (nSPS) is 12.1. The van der Waals surface area contributed by atoms with E-state index in [1.165, 1.54) is 0 Å². The van der Waals surface area contributed by atoms with Gasteiger partial charge in [-0.2, -0.15) is 0 Å². The van der Waals surface area contributed by atoms with Gasteiger partial charge in [-0.1, -0.05) is 0 Å². The van der Waals surface area contributed by atoms with Crippen molar-refractivity contribution in [2.75, 3.05) is 0 Å². The fourth-order valence-electron chi connectivity index (χ4n) is 1.02. The summed E-state index contributed by atoms with van der Waals surface area (Å²) >= 11 is 1.54. The summed E-state index contributed by atoms with van der Waals surface area (Å²) in [4.78, 5) is 23.2. The van der Waals surface area contributed by atoms with E-state index in [9.17, 15) is 9.59 Å². The third kappa shape index (κ3) is 2.56. The summed E-state index contributed by atoms with van der Waals surface area (Å²) in [6.45, 7) is 3.71. The van der Waals surface area contributed by atoms with E-state index in [0.717, 1.165) is 9.75 Å². The summed E-state index contributed by atoms with van der Waals surface area (Å²) in [7, 11) is 0. The summed E-state index contributed by atoms with van der Waals surface area (Å²) in [6, 6.07) is 3.56. The van der Waals surface area contributed by atoms with Gasteiger partial charge in [0, 0.05) is 9.75 Å². The van der Waals surface area contributed by atoms with Gasteiger partial charge in [0.25, 0.3) is 0 Å². The largest absolute Gasteiger partial charge is 0.474 e. The van der Waals surface area contributed by atoms with Gasteiger partial charge >= 0.3 is 11.9 Å². The number of carbonyl (C=O) groups excluding carboxylic acids is 1. The first-order valence-electron chi connectivity index (χ1n) is 4.11. The van der Waals surface area contributed by atoms with E-state index in [-0.39, 0.29) is 6.04 Å². The number of thiophene rings is 1. The van der Waals surface area contributed by atoms with Gasteiger partial charge in [-0.05, 0) is 26.0 Å². The van der Waals surface area contributed by atoms with Crippen LogP contribution in [-0.2, 0) is 9.59 Å². The maximum atomic E-state index is 10.8. The number of aliphatic carboxylic acids is 1. The molecule has 14 heavy (non-hydrogen) atoms. The molecule has 1 amide bonds. The Balaban J connectivity index is 2.63. The molecule has 0 aliphatic rings. The number of nitrogens with one attached hydrogen (secondary N) is 1. The molecule has 0 fully saturated rings. The Hall–Kier alpha value is -1.36. The second-order valence-electron chi connectivity index (χ2n) is 2.95. The van der Waals surface area contributed by atoms with Crippen LogP contribution >= 0.6 is 11.3 Å². The van der Waals surface area contributed by atoms with Gasteiger partial charge in [0.05, 0.1) is 6.04 Å². The van der Waals surface area contributed by atoms with Crippen LogP contribution in [0.3, 0.4) is 0 Å². The van der Waals surface area contributed by atoms with Crippen molar-refractivity contribution in [2.45, 2.75) is 19.9 Å². The van der Waals surface area contributed by atoms with E-state index < -0.39 is 11.9 Å². The topological polar surface area (TPSA) is 66.4 Å². The number of rotatable bonds is 2. The van der Waals surface area contributed by atoms with Crippen molar-refractivity contribution in [1.82, 2.24) is 5.32 Å². The molecule has 76 valence electrons. The van der Waals surface area contributed by atoms with E-state index in [4.69, 9.17) is 5.11 Å². The molecule has 1 aromatic rings. The number of hydrogen-bond donors (Lipinski definition) is 2. The van der Waals surface area contributed by atoms with Gasteiger partial charge in [0.2, 0.25) is 0 Å². The highest BCUT2D eigenvalue weighted by atomic mass is 32.1. The predicted octanol–water partition coefficient (Wildman–Crippen LogP) is 1.32. The lowest BCUT2D eigenvalue weighted by molar-refractivity contribution is -0.150. The molecule has 0 spiro atoms. The standard InChI is InChI=1S/C9H11NO3S/c1-5-3-4-7(14-5)6(2)10-8(11)9(12)13/h3-4,6H,1-2H3,(H,10,11)(H,12,13). The highest BCUT2D eigenvalue weighted by Crippen LogP contribution is 2.21. The maximum Gasteiger partial charge on any atom is 0.394 e. The van der Waals surface area contributed by atoms with Crippen molar-refractivity contribution < 1.29 is 14.7 Å². The van der Waals surface area contributed by atoms with Crippen molar-refractivity contribution >= 4 is 23.2 Å². The molecule has 1 atom stereocenters. The molecule has 4 nitrogen and oxygen atoms in total. The zero-order chi connectivity index (χ0) is 10.7. The second kappa shape index (κ2) is 4.23. The number of carboxylic acids is 1. The fraction of sp³-hybridized carbons (Fsp3) is 0.333. The molecule has 2 N–H and O–H groups in total. The molecule has 1 rings (SSSR count). The molecule has 1 aromatic heterocycles. The van der Waals surface area contributed by atoms with Crippen molar-refractivity contribution in [3.63, 3.8) is 0 Å². The molecular formula is C9H11NO3S. The van der Waals surface area contributed by atoms with Gasteiger partial charge in [0.15, 0.2) is 0 Å². The van der Waals surface area contributed by atoms with Crippen molar-refractivity contribution in [3.05, 3.63) is 21.9 Å². The lowest BCUT2D eigenvalue weighted by Crippen LogP contribution is -2.32. The summed E-state index contributed by atoms with van der Waals surface area (Å²) in [5.41, 5.74) is 0. The summed E-state index contributed by atoms with van der Waals surface area (Å²) < 4.78 is 0. The van der Waals surface area contributed by atoms with Crippen LogP contribution < -0.4 is 5.32 Å². The Morgan fingerprint density at radius 1 is 1.50 bits per heavy atom. The summed E-state index contributed by atoms with van der Waals surface area (Å²) in [5, 5.41) is 10.8. The molecule has 0 saturated heterocycles.